The molecule has 1 heterocycles. The van der Waals surface area contributed by atoms with Crippen molar-refractivity contribution in [2.75, 3.05) is 0 Å². The number of thiazole rings is 1. The first kappa shape index (κ1) is 13.1. The van der Waals surface area contributed by atoms with Gasteiger partial charge in [-0.1, -0.05) is 48.4 Å². The fourth-order valence-corrected chi connectivity index (χ4v) is 2.45. The fourth-order valence-electron chi connectivity index (χ4n) is 1.52. The normalized spacial score (nSPS) is 10.3. The molecular formula is C13H12ClNO2S. The number of aryl methyl sites for hydroxylation is 1. The van der Waals surface area contributed by atoms with Crippen LogP contribution in [0.15, 0.2) is 24.3 Å². The summed E-state index contributed by atoms with van der Waals surface area (Å²) in [5.41, 5.74) is 1.27. The van der Waals surface area contributed by atoms with Gasteiger partial charge in [-0.05, 0) is 24.1 Å². The number of benzene rings is 1. The largest absolute Gasteiger partial charge is 0.431 e. The molecule has 0 aliphatic carbocycles. The second-order valence-corrected chi connectivity index (χ2v) is 5.10. The maximum Gasteiger partial charge on any atom is 0.280 e. The van der Waals surface area contributed by atoms with Crippen molar-refractivity contribution in [2.24, 2.45) is 0 Å². The van der Waals surface area contributed by atoms with Gasteiger partial charge in [0.25, 0.3) is 5.19 Å². The first-order valence-corrected chi connectivity index (χ1v) is 6.80. The van der Waals surface area contributed by atoms with Crippen molar-refractivity contribution in [3.63, 3.8) is 0 Å². The molecular weight excluding hydrogens is 270 g/mol. The minimum Gasteiger partial charge on any atom is -0.431 e. The monoisotopic (exact) mass is 281 g/mol. The number of rotatable bonds is 5. The quantitative estimate of drug-likeness (QED) is 0.765. The highest BCUT2D eigenvalue weighted by Gasteiger charge is 2.10. The van der Waals surface area contributed by atoms with Crippen LogP contribution in [0, 0.1) is 0 Å². The zero-order valence-electron chi connectivity index (χ0n) is 9.85. The van der Waals surface area contributed by atoms with Crippen LogP contribution in [0.1, 0.15) is 28.6 Å². The highest BCUT2D eigenvalue weighted by atomic mass is 35.5. The number of carbonyl (C=O) groups excluding carboxylic acids is 1. The first-order valence-electron chi connectivity index (χ1n) is 5.61. The van der Waals surface area contributed by atoms with Gasteiger partial charge >= 0.3 is 0 Å². The van der Waals surface area contributed by atoms with E-state index in [-0.39, 0.29) is 5.15 Å². The number of ether oxygens (including phenoxy) is 1. The van der Waals surface area contributed by atoms with Crippen LogP contribution in [0.3, 0.4) is 0 Å². The molecule has 0 amide bonds. The lowest BCUT2D eigenvalue weighted by Gasteiger charge is -2.02. The van der Waals surface area contributed by atoms with Crippen molar-refractivity contribution in [2.45, 2.75) is 19.8 Å². The number of nitrogens with zero attached hydrogens (tertiary/aromatic N) is 1. The molecule has 0 atom stereocenters. The summed E-state index contributed by atoms with van der Waals surface area (Å²) in [5.74, 6) is 0.692. The molecule has 3 nitrogen and oxygen atoms in total. The van der Waals surface area contributed by atoms with Crippen LogP contribution in [0.2, 0.25) is 5.15 Å². The number of hydrogen-bond acceptors (Lipinski definition) is 4. The highest BCUT2D eigenvalue weighted by molar-refractivity contribution is 7.15. The van der Waals surface area contributed by atoms with Gasteiger partial charge in [0.15, 0.2) is 11.4 Å². The summed E-state index contributed by atoms with van der Waals surface area (Å²) in [6.07, 6.45) is 2.85. The third-order valence-electron chi connectivity index (χ3n) is 2.36. The van der Waals surface area contributed by atoms with E-state index in [9.17, 15) is 4.79 Å². The fraction of sp³-hybridized carbons (Fsp3) is 0.231. The van der Waals surface area contributed by atoms with Crippen molar-refractivity contribution < 1.29 is 9.53 Å². The molecule has 18 heavy (non-hydrogen) atoms. The smallest absolute Gasteiger partial charge is 0.280 e. The number of aldehydes is 1. The molecule has 0 radical (unpaired) electrons. The average molecular weight is 282 g/mol. The third kappa shape index (κ3) is 3.09. The van der Waals surface area contributed by atoms with E-state index in [0.717, 1.165) is 24.2 Å². The molecule has 0 saturated carbocycles. The van der Waals surface area contributed by atoms with Crippen LogP contribution in [0.5, 0.6) is 10.9 Å². The van der Waals surface area contributed by atoms with Crippen LogP contribution >= 0.6 is 22.9 Å². The minimum atomic E-state index is 0.188. The maximum absolute atomic E-state index is 10.6. The Morgan fingerprint density at radius 1 is 1.39 bits per heavy atom. The van der Waals surface area contributed by atoms with Gasteiger partial charge in [0, 0.05) is 0 Å². The van der Waals surface area contributed by atoms with Crippen molar-refractivity contribution in [3.05, 3.63) is 39.9 Å². The van der Waals surface area contributed by atoms with Gasteiger partial charge in [-0.25, -0.2) is 0 Å². The molecule has 0 N–H and O–H groups in total. The number of carbonyl (C=O) groups is 1. The predicted octanol–water partition coefficient (Wildman–Crippen LogP) is 4.35. The van der Waals surface area contributed by atoms with E-state index in [1.807, 2.05) is 24.3 Å². The molecule has 94 valence electrons. The van der Waals surface area contributed by atoms with Crippen molar-refractivity contribution in [1.82, 2.24) is 4.98 Å². The summed E-state index contributed by atoms with van der Waals surface area (Å²) in [5, 5.41) is 0.568. The summed E-state index contributed by atoms with van der Waals surface area (Å²) in [6, 6.07) is 7.82. The molecule has 0 unspecified atom stereocenters. The Morgan fingerprint density at radius 2 is 2.11 bits per heavy atom. The summed E-state index contributed by atoms with van der Waals surface area (Å²) in [4.78, 5) is 15.0. The molecule has 0 spiro atoms. The topological polar surface area (TPSA) is 39.2 Å². The Morgan fingerprint density at radius 3 is 2.67 bits per heavy atom. The standard InChI is InChI=1S/C13H12ClNO2S/c1-2-3-9-4-6-10(7-5-9)17-13-15-12(14)11(8-16)18-13/h4-8H,2-3H2,1H3. The Labute approximate surface area is 114 Å². The Kier molecular flexibility index (Phi) is 4.33. The number of hydrogen-bond donors (Lipinski definition) is 0. The van der Waals surface area contributed by atoms with Crippen LogP contribution in [0.25, 0.3) is 0 Å². The zero-order valence-corrected chi connectivity index (χ0v) is 11.4. The molecule has 2 rings (SSSR count). The van der Waals surface area contributed by atoms with Gasteiger partial charge in [-0.3, -0.25) is 4.79 Å². The molecule has 5 heteroatoms. The van der Waals surface area contributed by atoms with Crippen LogP contribution in [-0.2, 0) is 6.42 Å². The minimum absolute atomic E-state index is 0.188. The summed E-state index contributed by atoms with van der Waals surface area (Å²) in [7, 11) is 0. The van der Waals surface area contributed by atoms with Gasteiger partial charge in [0.05, 0.1) is 0 Å². The molecule has 0 fully saturated rings. The molecule has 0 saturated heterocycles. The van der Waals surface area contributed by atoms with E-state index < -0.39 is 0 Å². The van der Waals surface area contributed by atoms with E-state index in [1.54, 1.807) is 0 Å². The molecule has 1 aromatic heterocycles. The maximum atomic E-state index is 10.6. The average Bonchev–Trinajstić information content (AvgIpc) is 2.72. The first-order chi connectivity index (χ1) is 8.72. The van der Waals surface area contributed by atoms with Crippen LogP contribution in [0.4, 0.5) is 0 Å². The van der Waals surface area contributed by atoms with Gasteiger partial charge in [0.1, 0.15) is 10.6 Å². The highest BCUT2D eigenvalue weighted by Crippen LogP contribution is 2.30. The summed E-state index contributed by atoms with van der Waals surface area (Å²) < 4.78 is 5.54. The van der Waals surface area contributed by atoms with Crippen molar-refractivity contribution >= 4 is 29.2 Å². The van der Waals surface area contributed by atoms with Gasteiger partial charge in [-0.2, -0.15) is 4.98 Å². The second-order valence-electron chi connectivity index (χ2n) is 3.75. The lowest BCUT2D eigenvalue weighted by Crippen LogP contribution is -1.85. The van der Waals surface area contributed by atoms with Crippen LogP contribution in [-0.4, -0.2) is 11.3 Å². The molecule has 0 aliphatic rings. The van der Waals surface area contributed by atoms with E-state index in [2.05, 4.69) is 11.9 Å². The molecule has 0 aliphatic heterocycles. The van der Waals surface area contributed by atoms with Crippen molar-refractivity contribution in [1.29, 1.82) is 0 Å². The zero-order chi connectivity index (χ0) is 13.0. The summed E-state index contributed by atoms with van der Waals surface area (Å²) in [6.45, 7) is 2.14. The van der Waals surface area contributed by atoms with E-state index in [0.29, 0.717) is 22.1 Å². The van der Waals surface area contributed by atoms with E-state index in [4.69, 9.17) is 16.3 Å². The second kappa shape index (κ2) is 5.98. The lowest BCUT2D eigenvalue weighted by molar-refractivity contribution is 0.112. The SMILES string of the molecule is CCCc1ccc(Oc2nc(Cl)c(C=O)s2)cc1. The molecule has 1 aromatic carbocycles. The Bertz CT molecular complexity index is 536. The number of halogens is 1. The van der Waals surface area contributed by atoms with Gasteiger partial charge < -0.3 is 4.74 Å². The van der Waals surface area contributed by atoms with Gasteiger partial charge in [0.2, 0.25) is 0 Å². The van der Waals surface area contributed by atoms with Crippen molar-refractivity contribution in [3.8, 4) is 10.9 Å². The number of aromatic nitrogens is 1. The Hall–Kier alpha value is -1.39. The van der Waals surface area contributed by atoms with E-state index in [1.165, 1.54) is 5.56 Å². The van der Waals surface area contributed by atoms with E-state index >= 15 is 0 Å². The predicted molar refractivity (Wildman–Crippen MR) is 73.0 cm³/mol. The molecule has 0 bridgehead atoms. The van der Waals surface area contributed by atoms with Crippen LogP contribution < -0.4 is 4.74 Å². The van der Waals surface area contributed by atoms with Gasteiger partial charge in [-0.15, -0.1) is 0 Å². The third-order valence-corrected chi connectivity index (χ3v) is 3.62. The molecule has 2 aromatic rings. The summed E-state index contributed by atoms with van der Waals surface area (Å²) >= 11 is 6.90. The Balaban J connectivity index is 2.10. The lowest BCUT2D eigenvalue weighted by atomic mass is 10.1.